The number of ether oxygens (including phenoxy) is 1. The number of aryl methyl sites for hydroxylation is 3. The third kappa shape index (κ3) is 7.56. The molecule has 0 bridgehead atoms. The van der Waals surface area contributed by atoms with Crippen molar-refractivity contribution >= 4 is 23.2 Å². The zero-order valence-electron chi connectivity index (χ0n) is 27.7. The first-order valence-electron chi connectivity index (χ1n) is 16.4. The van der Waals surface area contributed by atoms with Crippen LogP contribution in [0.15, 0.2) is 79.0 Å². The van der Waals surface area contributed by atoms with E-state index in [0.717, 1.165) is 86.7 Å². The summed E-state index contributed by atoms with van der Waals surface area (Å²) in [5, 5.41) is 9.62. The molecule has 1 aromatic heterocycles. The maximum absolute atomic E-state index is 13.9. The number of unbranched alkanes of at least 4 members (excludes halogenated alkanes) is 1. The second-order valence-electron chi connectivity index (χ2n) is 12.3. The molecular weight excluding hydrogens is 596 g/mol. The van der Waals surface area contributed by atoms with E-state index >= 15 is 0 Å². The van der Waals surface area contributed by atoms with E-state index in [2.05, 4.69) is 57.4 Å². The summed E-state index contributed by atoms with van der Waals surface area (Å²) in [7, 11) is 5.35. The Labute approximate surface area is 278 Å². The van der Waals surface area contributed by atoms with Crippen LogP contribution in [-0.2, 0) is 29.6 Å². The van der Waals surface area contributed by atoms with Crippen molar-refractivity contribution in [2.75, 3.05) is 58.8 Å². The molecule has 244 valence electrons. The molecule has 46 heavy (non-hydrogen) atoms. The van der Waals surface area contributed by atoms with Gasteiger partial charge in [-0.05, 0) is 67.5 Å². The number of amides is 1. The Kier molecular flexibility index (Phi) is 11.4. The highest BCUT2D eigenvalue weighted by molar-refractivity contribution is 6.32. The van der Waals surface area contributed by atoms with Gasteiger partial charge in [0.2, 0.25) is 5.91 Å². The van der Waals surface area contributed by atoms with Gasteiger partial charge < -0.3 is 14.5 Å². The quantitative estimate of drug-likeness (QED) is 0.155. The molecule has 1 amide bonds. The van der Waals surface area contributed by atoms with Crippen molar-refractivity contribution in [1.29, 1.82) is 0 Å². The number of methoxy groups -OCH3 is 1. The molecule has 2 heterocycles. The predicted molar refractivity (Wildman–Crippen MR) is 186 cm³/mol. The number of rotatable bonds is 14. The van der Waals surface area contributed by atoms with Crippen molar-refractivity contribution in [2.24, 2.45) is 0 Å². The molecular formula is C37H47ClN6O2. The first kappa shape index (κ1) is 33.5. The zero-order chi connectivity index (χ0) is 32.5. The molecule has 5 rings (SSSR count). The third-order valence-electron chi connectivity index (χ3n) is 9.17. The number of piperazine rings is 1. The van der Waals surface area contributed by atoms with Crippen molar-refractivity contribution in [2.45, 2.75) is 51.0 Å². The lowest BCUT2D eigenvalue weighted by atomic mass is 9.71. The molecule has 0 radical (unpaired) electrons. The highest BCUT2D eigenvalue weighted by Crippen LogP contribution is 2.39. The second-order valence-corrected chi connectivity index (χ2v) is 12.7. The summed E-state index contributed by atoms with van der Waals surface area (Å²) >= 11 is 6.52. The van der Waals surface area contributed by atoms with Gasteiger partial charge >= 0.3 is 0 Å². The van der Waals surface area contributed by atoms with Crippen LogP contribution in [0.5, 0.6) is 5.75 Å². The number of aromatic nitrogens is 3. The fourth-order valence-electron chi connectivity index (χ4n) is 6.61. The van der Waals surface area contributed by atoms with E-state index in [-0.39, 0.29) is 5.91 Å². The number of carbonyl (C=O) groups excluding carboxylic acids is 1. The van der Waals surface area contributed by atoms with Gasteiger partial charge in [0.05, 0.1) is 23.5 Å². The molecule has 3 aromatic carbocycles. The van der Waals surface area contributed by atoms with E-state index in [4.69, 9.17) is 16.3 Å². The van der Waals surface area contributed by atoms with E-state index in [1.165, 1.54) is 5.56 Å². The van der Waals surface area contributed by atoms with Crippen LogP contribution < -0.4 is 9.64 Å². The molecule has 0 spiro atoms. The Morgan fingerprint density at radius 2 is 1.59 bits per heavy atom. The highest BCUT2D eigenvalue weighted by Gasteiger charge is 2.42. The molecule has 0 atom stereocenters. The van der Waals surface area contributed by atoms with Crippen LogP contribution in [0, 0.1) is 0 Å². The molecule has 0 aliphatic carbocycles. The number of halogens is 1. The van der Waals surface area contributed by atoms with E-state index in [0.29, 0.717) is 18.0 Å². The summed E-state index contributed by atoms with van der Waals surface area (Å²) in [5.74, 6) is 0.832. The number of likely N-dealkylation sites (N-methyl/N-ethyl adjacent to an activating group) is 1. The van der Waals surface area contributed by atoms with Gasteiger partial charge in [0.25, 0.3) is 0 Å². The largest absolute Gasteiger partial charge is 0.493 e. The molecule has 9 heteroatoms. The molecule has 1 aliphatic rings. The summed E-state index contributed by atoms with van der Waals surface area (Å²) < 4.78 is 7.55. The van der Waals surface area contributed by atoms with E-state index in [1.54, 1.807) is 12.0 Å². The number of hydrogen-bond donors (Lipinski definition) is 0. The summed E-state index contributed by atoms with van der Waals surface area (Å²) in [4.78, 5) is 20.6. The number of nitrogens with zero attached hydrogens (tertiary/aromatic N) is 6. The van der Waals surface area contributed by atoms with Gasteiger partial charge in [-0.25, -0.2) is 0 Å². The molecule has 8 nitrogen and oxygen atoms in total. The van der Waals surface area contributed by atoms with Gasteiger partial charge in [0.15, 0.2) is 5.75 Å². The molecule has 4 aromatic rings. The Morgan fingerprint density at radius 3 is 2.17 bits per heavy atom. The summed E-state index contributed by atoms with van der Waals surface area (Å²) in [5.41, 5.74) is 4.48. The van der Waals surface area contributed by atoms with Gasteiger partial charge in [-0.3, -0.25) is 14.4 Å². The van der Waals surface area contributed by atoms with Gasteiger partial charge in [-0.2, -0.15) is 0 Å². The van der Waals surface area contributed by atoms with Crippen molar-refractivity contribution in [3.8, 4) is 5.75 Å². The minimum Gasteiger partial charge on any atom is -0.493 e. The number of benzene rings is 3. The van der Waals surface area contributed by atoms with Crippen LogP contribution in [0.2, 0.25) is 5.02 Å². The molecule has 1 fully saturated rings. The second kappa shape index (κ2) is 15.6. The van der Waals surface area contributed by atoms with Crippen molar-refractivity contribution in [1.82, 2.24) is 24.8 Å². The van der Waals surface area contributed by atoms with E-state index < -0.39 is 5.41 Å². The van der Waals surface area contributed by atoms with Crippen molar-refractivity contribution in [3.63, 3.8) is 0 Å². The standard InChI is InChI=1S/C37H47ClN6O2/c1-5-29-26-33(38)35(46-4)34(27-29)43-24-22-42(23-25-43)20-13-12-18-32-28-44(40-39-32)21-19-37(36(45)41(2)3,30-14-8-6-9-15-30)31-16-10-7-11-17-31/h6-11,14-17,26-28H,5,12-13,18-25H2,1-4H3. The SMILES string of the molecule is CCc1cc(Cl)c(OC)c(N2CCN(CCCCc3cn(CCC(C(=O)N(C)C)(c4ccccc4)c4ccccc4)nn3)CC2)c1. The molecule has 0 saturated carbocycles. The van der Waals surface area contributed by atoms with Crippen LogP contribution >= 0.6 is 11.6 Å². The molecule has 0 unspecified atom stereocenters. The first-order chi connectivity index (χ1) is 22.3. The first-order valence-corrected chi connectivity index (χ1v) is 16.8. The number of carbonyl (C=O) groups is 1. The minimum atomic E-state index is -0.821. The molecule has 1 aliphatic heterocycles. The Hall–Kier alpha value is -3.88. The van der Waals surface area contributed by atoms with Gasteiger partial charge in [-0.15, -0.1) is 5.10 Å². The predicted octanol–water partition coefficient (Wildman–Crippen LogP) is 6.11. The fourth-order valence-corrected chi connectivity index (χ4v) is 6.92. The van der Waals surface area contributed by atoms with Crippen molar-refractivity contribution in [3.05, 3.63) is 106 Å². The monoisotopic (exact) mass is 642 g/mol. The average molecular weight is 643 g/mol. The minimum absolute atomic E-state index is 0.0588. The fraction of sp³-hybridized carbons (Fsp3) is 0.432. The summed E-state index contributed by atoms with van der Waals surface area (Å²) in [6.07, 6.45) is 6.62. The normalized spacial score (nSPS) is 14.0. The van der Waals surface area contributed by atoms with Crippen LogP contribution in [0.25, 0.3) is 0 Å². The van der Waals surface area contributed by atoms with Gasteiger partial charge in [-0.1, -0.05) is 84.4 Å². The maximum Gasteiger partial charge on any atom is 0.237 e. The lowest BCUT2D eigenvalue weighted by molar-refractivity contribution is -0.133. The zero-order valence-corrected chi connectivity index (χ0v) is 28.4. The Bertz CT molecular complexity index is 1510. The van der Waals surface area contributed by atoms with Crippen LogP contribution in [-0.4, -0.2) is 84.6 Å². The Balaban J connectivity index is 1.14. The number of hydrogen-bond acceptors (Lipinski definition) is 6. The highest BCUT2D eigenvalue weighted by atomic mass is 35.5. The van der Waals surface area contributed by atoms with Gasteiger partial charge in [0, 0.05) is 53.0 Å². The van der Waals surface area contributed by atoms with Crippen LogP contribution in [0.3, 0.4) is 0 Å². The summed E-state index contributed by atoms with van der Waals surface area (Å²) in [6, 6.07) is 24.4. The van der Waals surface area contributed by atoms with Gasteiger partial charge in [0.1, 0.15) is 5.41 Å². The third-order valence-corrected chi connectivity index (χ3v) is 9.45. The van der Waals surface area contributed by atoms with Crippen LogP contribution in [0.1, 0.15) is 48.6 Å². The smallest absolute Gasteiger partial charge is 0.237 e. The van der Waals surface area contributed by atoms with Crippen molar-refractivity contribution < 1.29 is 9.53 Å². The maximum atomic E-state index is 13.9. The molecule has 0 N–H and O–H groups in total. The topological polar surface area (TPSA) is 66.7 Å². The molecule has 1 saturated heterocycles. The summed E-state index contributed by atoms with van der Waals surface area (Å²) in [6.45, 7) is 7.75. The van der Waals surface area contributed by atoms with E-state index in [9.17, 15) is 4.79 Å². The number of anilines is 1. The average Bonchev–Trinajstić information content (AvgIpc) is 3.55. The van der Waals surface area contributed by atoms with E-state index in [1.807, 2.05) is 67.4 Å². The van der Waals surface area contributed by atoms with Crippen LogP contribution in [0.4, 0.5) is 5.69 Å². The lowest BCUT2D eigenvalue weighted by Gasteiger charge is -2.37. The lowest BCUT2D eigenvalue weighted by Crippen LogP contribution is -2.46. The Morgan fingerprint density at radius 1 is 0.935 bits per heavy atom.